The quantitative estimate of drug-likeness (QED) is 0.646. The van der Waals surface area contributed by atoms with Crippen LogP contribution < -0.4 is 0 Å². The van der Waals surface area contributed by atoms with E-state index in [1.54, 1.807) is 0 Å². The van der Waals surface area contributed by atoms with E-state index < -0.39 is 42.2 Å². The molecular weight excluding hydrogens is 296 g/mol. The Morgan fingerprint density at radius 3 is 2.48 bits per heavy atom. The van der Waals surface area contributed by atoms with Gasteiger partial charge in [-0.1, -0.05) is 6.07 Å². The lowest BCUT2D eigenvalue weighted by Gasteiger charge is -2.19. The molecular formula is C13H14F4O4. The number of rotatable bonds is 5. The average Bonchev–Trinajstić information content (AvgIpc) is 2.37. The van der Waals surface area contributed by atoms with E-state index in [1.807, 2.05) is 0 Å². The molecule has 0 radical (unpaired) electrons. The number of esters is 1. The molecule has 0 aliphatic carbocycles. The van der Waals surface area contributed by atoms with Crippen molar-refractivity contribution >= 4 is 5.97 Å². The molecule has 0 bridgehead atoms. The Hall–Kier alpha value is -1.67. The normalized spacial score (nSPS) is 14.6. The molecule has 0 aromatic heterocycles. The molecule has 21 heavy (non-hydrogen) atoms. The van der Waals surface area contributed by atoms with E-state index in [9.17, 15) is 32.6 Å². The van der Waals surface area contributed by atoms with Crippen LogP contribution in [0.3, 0.4) is 0 Å². The molecule has 2 atom stereocenters. The van der Waals surface area contributed by atoms with Crippen LogP contribution in [0.1, 0.15) is 30.6 Å². The van der Waals surface area contributed by atoms with Crippen molar-refractivity contribution in [2.75, 3.05) is 6.61 Å². The molecule has 0 aliphatic heterocycles. The minimum absolute atomic E-state index is 0.0659. The first kappa shape index (κ1) is 17.4. The van der Waals surface area contributed by atoms with Crippen molar-refractivity contribution in [1.82, 2.24) is 0 Å². The molecule has 0 saturated heterocycles. The maximum absolute atomic E-state index is 13.1. The minimum Gasteiger partial charge on any atom is -0.466 e. The third-order valence-corrected chi connectivity index (χ3v) is 2.68. The number of aliphatic hydroxyl groups excluding tert-OH is 2. The van der Waals surface area contributed by atoms with Gasteiger partial charge in [0, 0.05) is 0 Å². The van der Waals surface area contributed by atoms with Gasteiger partial charge >= 0.3 is 12.1 Å². The summed E-state index contributed by atoms with van der Waals surface area (Å²) in [6.07, 6.45) is -8.94. The lowest BCUT2D eigenvalue weighted by atomic mass is 9.99. The second kappa shape index (κ2) is 6.86. The Morgan fingerprint density at radius 2 is 1.95 bits per heavy atom. The van der Waals surface area contributed by atoms with Gasteiger partial charge in [-0.3, -0.25) is 4.79 Å². The van der Waals surface area contributed by atoms with Crippen LogP contribution in [0.2, 0.25) is 0 Å². The second-order valence-electron chi connectivity index (χ2n) is 4.26. The number of carbonyl (C=O) groups is 1. The van der Waals surface area contributed by atoms with Crippen LogP contribution in [0.15, 0.2) is 18.2 Å². The number of benzene rings is 1. The molecule has 0 aliphatic rings. The molecule has 0 spiro atoms. The number of ether oxygens (including phenoxy) is 1. The van der Waals surface area contributed by atoms with Crippen molar-refractivity contribution < 1.29 is 37.3 Å². The van der Waals surface area contributed by atoms with Gasteiger partial charge in [0.25, 0.3) is 0 Å². The lowest BCUT2D eigenvalue weighted by molar-refractivity contribution is -0.147. The van der Waals surface area contributed by atoms with Gasteiger partial charge in [-0.2, -0.15) is 13.2 Å². The van der Waals surface area contributed by atoms with Crippen LogP contribution in [0.4, 0.5) is 17.6 Å². The zero-order valence-electron chi connectivity index (χ0n) is 11.0. The molecule has 0 fully saturated rings. The summed E-state index contributed by atoms with van der Waals surface area (Å²) in [5.41, 5.74) is -1.90. The van der Waals surface area contributed by atoms with Crippen molar-refractivity contribution in [2.45, 2.75) is 31.7 Å². The highest BCUT2D eigenvalue weighted by atomic mass is 19.4. The summed E-state index contributed by atoms with van der Waals surface area (Å²) in [6, 6.07) is 1.84. The average molecular weight is 310 g/mol. The van der Waals surface area contributed by atoms with Crippen molar-refractivity contribution in [3.8, 4) is 0 Å². The maximum atomic E-state index is 13.1. The van der Waals surface area contributed by atoms with Crippen LogP contribution in [-0.2, 0) is 15.7 Å². The highest BCUT2D eigenvalue weighted by Crippen LogP contribution is 2.33. The van der Waals surface area contributed by atoms with E-state index in [1.165, 1.54) is 6.92 Å². The fraction of sp³-hybridized carbons (Fsp3) is 0.462. The molecule has 8 heteroatoms. The van der Waals surface area contributed by atoms with Crippen LogP contribution in [0.5, 0.6) is 0 Å². The number of halogens is 4. The Morgan fingerprint density at radius 1 is 1.33 bits per heavy atom. The molecule has 1 aromatic carbocycles. The van der Waals surface area contributed by atoms with Crippen LogP contribution >= 0.6 is 0 Å². The van der Waals surface area contributed by atoms with E-state index in [-0.39, 0.29) is 12.2 Å². The Labute approximate surface area is 118 Å². The van der Waals surface area contributed by atoms with E-state index >= 15 is 0 Å². The summed E-state index contributed by atoms with van der Waals surface area (Å²) in [5.74, 6) is -2.29. The van der Waals surface area contributed by atoms with E-state index in [0.29, 0.717) is 12.1 Å². The SMILES string of the molecule is CCOC(=O)CC(O)C(O)c1ccc(F)c(C(F)(F)F)c1. The summed E-state index contributed by atoms with van der Waals surface area (Å²) < 4.78 is 55.3. The fourth-order valence-corrected chi connectivity index (χ4v) is 1.67. The number of alkyl halides is 3. The zero-order valence-corrected chi connectivity index (χ0v) is 11.0. The lowest BCUT2D eigenvalue weighted by Crippen LogP contribution is -2.23. The van der Waals surface area contributed by atoms with Gasteiger partial charge in [0.15, 0.2) is 0 Å². The van der Waals surface area contributed by atoms with E-state index in [2.05, 4.69) is 4.74 Å². The summed E-state index contributed by atoms with van der Waals surface area (Å²) in [6.45, 7) is 1.60. The molecule has 1 aromatic rings. The first-order valence-electron chi connectivity index (χ1n) is 6.05. The molecule has 0 saturated carbocycles. The van der Waals surface area contributed by atoms with E-state index in [4.69, 9.17) is 0 Å². The Bertz CT molecular complexity index is 501. The number of hydrogen-bond donors (Lipinski definition) is 2. The van der Waals surface area contributed by atoms with Crippen molar-refractivity contribution in [3.05, 3.63) is 35.1 Å². The summed E-state index contributed by atoms with van der Waals surface area (Å²) in [4.78, 5) is 11.1. The predicted molar refractivity (Wildman–Crippen MR) is 63.6 cm³/mol. The summed E-state index contributed by atoms with van der Waals surface area (Å²) >= 11 is 0. The molecule has 1 rings (SSSR count). The van der Waals surface area contributed by atoms with Crippen LogP contribution in [-0.4, -0.2) is 28.9 Å². The Kier molecular flexibility index (Phi) is 5.68. The number of aliphatic hydroxyl groups is 2. The molecule has 2 unspecified atom stereocenters. The highest BCUT2D eigenvalue weighted by molar-refractivity contribution is 5.70. The monoisotopic (exact) mass is 310 g/mol. The van der Waals surface area contributed by atoms with Gasteiger partial charge in [-0.15, -0.1) is 0 Å². The van der Waals surface area contributed by atoms with Gasteiger partial charge in [0.2, 0.25) is 0 Å². The first-order chi connectivity index (χ1) is 9.66. The van der Waals surface area contributed by atoms with E-state index in [0.717, 1.165) is 6.07 Å². The third-order valence-electron chi connectivity index (χ3n) is 2.68. The van der Waals surface area contributed by atoms with Crippen molar-refractivity contribution in [1.29, 1.82) is 0 Å². The predicted octanol–water partition coefficient (Wildman–Crippen LogP) is 2.19. The topological polar surface area (TPSA) is 66.8 Å². The molecule has 0 heterocycles. The summed E-state index contributed by atoms with van der Waals surface area (Å²) in [5, 5.41) is 19.3. The maximum Gasteiger partial charge on any atom is 0.419 e. The van der Waals surface area contributed by atoms with Crippen LogP contribution in [0, 0.1) is 5.82 Å². The number of carbonyl (C=O) groups excluding carboxylic acids is 1. The Balaban J connectivity index is 2.92. The fourth-order valence-electron chi connectivity index (χ4n) is 1.67. The third kappa shape index (κ3) is 4.68. The van der Waals surface area contributed by atoms with Gasteiger partial charge in [0.05, 0.1) is 24.7 Å². The molecule has 118 valence electrons. The summed E-state index contributed by atoms with van der Waals surface area (Å²) in [7, 11) is 0. The smallest absolute Gasteiger partial charge is 0.419 e. The standard InChI is InChI=1S/C13H14F4O4/c1-2-21-11(19)6-10(18)12(20)7-3-4-9(14)8(5-7)13(15,16)17/h3-5,10,12,18,20H,2,6H2,1H3. The van der Waals surface area contributed by atoms with Crippen LogP contribution in [0.25, 0.3) is 0 Å². The van der Waals surface area contributed by atoms with Gasteiger partial charge in [0.1, 0.15) is 11.9 Å². The minimum atomic E-state index is -4.92. The zero-order chi connectivity index (χ0) is 16.2. The van der Waals surface area contributed by atoms with Gasteiger partial charge in [-0.25, -0.2) is 4.39 Å². The molecule has 0 amide bonds. The highest BCUT2D eigenvalue weighted by Gasteiger charge is 2.35. The van der Waals surface area contributed by atoms with Crippen molar-refractivity contribution in [3.63, 3.8) is 0 Å². The van der Waals surface area contributed by atoms with Crippen molar-refractivity contribution in [2.24, 2.45) is 0 Å². The number of hydrogen-bond acceptors (Lipinski definition) is 4. The largest absolute Gasteiger partial charge is 0.466 e. The molecule has 4 nitrogen and oxygen atoms in total. The first-order valence-corrected chi connectivity index (χ1v) is 6.05. The molecule has 2 N–H and O–H groups in total. The van der Waals surface area contributed by atoms with Gasteiger partial charge < -0.3 is 14.9 Å². The second-order valence-corrected chi connectivity index (χ2v) is 4.26. The van der Waals surface area contributed by atoms with Gasteiger partial charge in [-0.05, 0) is 24.6 Å².